The van der Waals surface area contributed by atoms with Gasteiger partial charge in [-0.3, -0.25) is 4.79 Å². The van der Waals surface area contributed by atoms with Crippen molar-refractivity contribution in [2.24, 2.45) is 17.4 Å². The van der Waals surface area contributed by atoms with Crippen molar-refractivity contribution < 1.29 is 9.53 Å². The van der Waals surface area contributed by atoms with Crippen LogP contribution in [0.25, 0.3) is 0 Å². The third kappa shape index (κ3) is 4.97. The molecule has 110 valence electrons. The molecule has 0 saturated heterocycles. The van der Waals surface area contributed by atoms with Crippen LogP contribution < -0.4 is 11.5 Å². The van der Waals surface area contributed by atoms with E-state index in [9.17, 15) is 4.79 Å². The smallest absolute Gasteiger partial charge is 0.242 e. The summed E-state index contributed by atoms with van der Waals surface area (Å²) in [5.74, 6) is -0.606. The van der Waals surface area contributed by atoms with E-state index < -0.39 is 11.4 Å². The number of hydrogen-bond acceptors (Lipinski definition) is 3. The summed E-state index contributed by atoms with van der Waals surface area (Å²) in [7, 11) is 0. The van der Waals surface area contributed by atoms with Crippen LogP contribution in [0, 0.1) is 5.92 Å². The number of carbonyl (C=O) groups excluding carboxylic acids is 1. The fourth-order valence-electron chi connectivity index (χ4n) is 1.98. The summed E-state index contributed by atoms with van der Waals surface area (Å²) < 4.78 is 5.68. The molecule has 4 N–H and O–H groups in total. The molecule has 19 heavy (non-hydrogen) atoms. The number of carbonyl (C=O) groups is 1. The van der Waals surface area contributed by atoms with Crippen molar-refractivity contribution in [2.45, 2.75) is 45.3 Å². The zero-order valence-electron chi connectivity index (χ0n) is 12.1. The monoisotopic (exact) mass is 288 g/mol. The summed E-state index contributed by atoms with van der Waals surface area (Å²) in [5.41, 5.74) is 11.3. The first-order valence-corrected chi connectivity index (χ1v) is 6.25. The number of amides is 1. The highest BCUT2D eigenvalue weighted by Crippen LogP contribution is 2.28. The standard InChI is InChI=1S/C14H24N2O2.ClH/c1-10-5-7-14(16,12(15)17)11(9-10)6-8-18-13(2,3)4;/h5,7,9,11H,6,8,16H2,1-4H3,(H2,15,17);1H/t11?,14-;/m0./s1. The normalized spacial score (nSPS) is 26.6. The van der Waals surface area contributed by atoms with Gasteiger partial charge in [-0.2, -0.15) is 0 Å². The molecule has 0 bridgehead atoms. The molecule has 1 aliphatic rings. The molecule has 2 atom stereocenters. The van der Waals surface area contributed by atoms with Gasteiger partial charge in [0.25, 0.3) is 0 Å². The molecule has 0 aromatic carbocycles. The fraction of sp³-hybridized carbons (Fsp3) is 0.643. The summed E-state index contributed by atoms with van der Waals surface area (Å²) in [6, 6.07) is 0. The number of halogens is 1. The Balaban J connectivity index is 0.00000324. The molecule has 1 unspecified atom stereocenters. The first kappa shape index (κ1) is 18.2. The van der Waals surface area contributed by atoms with E-state index in [2.05, 4.69) is 0 Å². The molecule has 1 amide bonds. The minimum absolute atomic E-state index is 0. The molecular weight excluding hydrogens is 264 g/mol. The van der Waals surface area contributed by atoms with Crippen molar-refractivity contribution in [3.05, 3.63) is 23.8 Å². The number of allylic oxidation sites excluding steroid dienone is 2. The van der Waals surface area contributed by atoms with E-state index >= 15 is 0 Å². The Labute approximate surface area is 121 Å². The SMILES string of the molecule is CC1=CC(CCOC(C)(C)C)[C@](N)(C(N)=O)C=C1.Cl. The molecule has 0 saturated carbocycles. The molecule has 0 aromatic heterocycles. The van der Waals surface area contributed by atoms with Crippen LogP contribution >= 0.6 is 12.4 Å². The first-order valence-electron chi connectivity index (χ1n) is 6.25. The van der Waals surface area contributed by atoms with Crippen LogP contribution in [0.2, 0.25) is 0 Å². The minimum Gasteiger partial charge on any atom is -0.376 e. The van der Waals surface area contributed by atoms with E-state index in [0.29, 0.717) is 13.0 Å². The van der Waals surface area contributed by atoms with Gasteiger partial charge in [0.1, 0.15) is 5.54 Å². The summed E-state index contributed by atoms with van der Waals surface area (Å²) in [5, 5.41) is 0. The van der Waals surface area contributed by atoms with E-state index in [1.165, 1.54) is 0 Å². The van der Waals surface area contributed by atoms with Gasteiger partial charge in [-0.05, 0) is 34.1 Å². The molecule has 5 heteroatoms. The molecule has 0 spiro atoms. The van der Waals surface area contributed by atoms with Gasteiger partial charge in [0.15, 0.2) is 0 Å². The predicted molar refractivity (Wildman–Crippen MR) is 80.1 cm³/mol. The van der Waals surface area contributed by atoms with Gasteiger partial charge in [0.2, 0.25) is 5.91 Å². The van der Waals surface area contributed by atoms with Gasteiger partial charge < -0.3 is 16.2 Å². The molecule has 4 nitrogen and oxygen atoms in total. The highest BCUT2D eigenvalue weighted by Gasteiger charge is 2.38. The number of hydrogen-bond donors (Lipinski definition) is 2. The molecular formula is C14H25ClN2O2. The van der Waals surface area contributed by atoms with Gasteiger partial charge in [0.05, 0.1) is 5.60 Å². The molecule has 0 aromatic rings. The van der Waals surface area contributed by atoms with Gasteiger partial charge in [0, 0.05) is 12.5 Å². The molecule has 1 rings (SSSR count). The van der Waals surface area contributed by atoms with Crippen LogP contribution in [-0.4, -0.2) is 23.7 Å². The molecule has 0 radical (unpaired) electrons. The fourth-order valence-corrected chi connectivity index (χ4v) is 1.98. The van der Waals surface area contributed by atoms with E-state index in [1.807, 2.05) is 39.8 Å². The Kier molecular flexibility index (Phi) is 6.26. The van der Waals surface area contributed by atoms with Gasteiger partial charge in [-0.25, -0.2) is 0 Å². The molecule has 0 fully saturated rings. The van der Waals surface area contributed by atoms with Crippen LogP contribution in [0.4, 0.5) is 0 Å². The third-order valence-electron chi connectivity index (χ3n) is 3.09. The van der Waals surface area contributed by atoms with Crippen molar-refractivity contribution in [3.63, 3.8) is 0 Å². The number of ether oxygens (including phenoxy) is 1. The Morgan fingerprint density at radius 1 is 1.47 bits per heavy atom. The zero-order chi connectivity index (χ0) is 14.0. The predicted octanol–water partition coefficient (Wildman–Crippen LogP) is 1.93. The van der Waals surface area contributed by atoms with E-state index in [4.69, 9.17) is 16.2 Å². The van der Waals surface area contributed by atoms with Crippen LogP contribution in [-0.2, 0) is 9.53 Å². The Morgan fingerprint density at radius 2 is 2.05 bits per heavy atom. The maximum atomic E-state index is 11.5. The van der Waals surface area contributed by atoms with E-state index in [-0.39, 0.29) is 23.9 Å². The maximum absolute atomic E-state index is 11.5. The zero-order valence-corrected chi connectivity index (χ0v) is 12.9. The highest BCUT2D eigenvalue weighted by molar-refractivity contribution is 5.88. The van der Waals surface area contributed by atoms with Crippen molar-refractivity contribution in [1.29, 1.82) is 0 Å². The summed E-state index contributed by atoms with van der Waals surface area (Å²) in [6.45, 7) is 8.53. The quantitative estimate of drug-likeness (QED) is 0.830. The Morgan fingerprint density at radius 3 is 2.53 bits per heavy atom. The van der Waals surface area contributed by atoms with Crippen molar-refractivity contribution in [2.75, 3.05) is 6.61 Å². The van der Waals surface area contributed by atoms with Crippen LogP contribution in [0.1, 0.15) is 34.1 Å². The number of nitrogens with two attached hydrogens (primary N) is 2. The second kappa shape index (κ2) is 6.55. The van der Waals surface area contributed by atoms with Gasteiger partial charge in [-0.1, -0.05) is 23.8 Å². The summed E-state index contributed by atoms with van der Waals surface area (Å²) in [4.78, 5) is 11.5. The second-order valence-electron chi connectivity index (χ2n) is 5.90. The lowest BCUT2D eigenvalue weighted by atomic mass is 9.77. The molecule has 1 aliphatic carbocycles. The van der Waals surface area contributed by atoms with Crippen molar-refractivity contribution in [1.82, 2.24) is 0 Å². The molecule has 0 aliphatic heterocycles. The largest absolute Gasteiger partial charge is 0.376 e. The van der Waals surface area contributed by atoms with Gasteiger partial charge >= 0.3 is 0 Å². The van der Waals surface area contributed by atoms with Gasteiger partial charge in [-0.15, -0.1) is 12.4 Å². The van der Waals surface area contributed by atoms with E-state index in [0.717, 1.165) is 5.57 Å². The second-order valence-corrected chi connectivity index (χ2v) is 5.90. The Bertz CT molecular complexity index is 385. The van der Waals surface area contributed by atoms with E-state index in [1.54, 1.807) is 6.08 Å². The first-order chi connectivity index (χ1) is 8.15. The topological polar surface area (TPSA) is 78.3 Å². The number of primary amides is 1. The molecule has 0 heterocycles. The average molecular weight is 289 g/mol. The third-order valence-corrected chi connectivity index (χ3v) is 3.09. The summed E-state index contributed by atoms with van der Waals surface area (Å²) in [6.07, 6.45) is 6.22. The highest BCUT2D eigenvalue weighted by atomic mass is 35.5. The summed E-state index contributed by atoms with van der Waals surface area (Å²) >= 11 is 0. The minimum atomic E-state index is -1.10. The van der Waals surface area contributed by atoms with Crippen molar-refractivity contribution >= 4 is 18.3 Å². The Hall–Kier alpha value is -0.840. The average Bonchev–Trinajstić information content (AvgIpc) is 2.21. The van der Waals surface area contributed by atoms with Crippen LogP contribution in [0.3, 0.4) is 0 Å². The maximum Gasteiger partial charge on any atom is 0.242 e. The lowest BCUT2D eigenvalue weighted by Gasteiger charge is -2.33. The van der Waals surface area contributed by atoms with Crippen LogP contribution in [0.15, 0.2) is 23.8 Å². The number of rotatable bonds is 4. The lowest BCUT2D eigenvalue weighted by molar-refractivity contribution is -0.123. The van der Waals surface area contributed by atoms with Crippen molar-refractivity contribution in [3.8, 4) is 0 Å². The lowest BCUT2D eigenvalue weighted by Crippen LogP contribution is -2.56. The van der Waals surface area contributed by atoms with Crippen LogP contribution in [0.5, 0.6) is 0 Å².